The van der Waals surface area contributed by atoms with Gasteiger partial charge in [0.25, 0.3) is 0 Å². The van der Waals surface area contributed by atoms with Crippen molar-refractivity contribution >= 4 is 23.7 Å². The van der Waals surface area contributed by atoms with E-state index in [0.29, 0.717) is 5.16 Å². The van der Waals surface area contributed by atoms with Crippen LogP contribution in [0.25, 0.3) is 0 Å². The molecule has 1 aromatic rings. The molecule has 1 aliphatic rings. The van der Waals surface area contributed by atoms with Crippen molar-refractivity contribution in [2.45, 2.75) is 68.9 Å². The normalized spacial score (nSPS) is 17.0. The second-order valence-corrected chi connectivity index (χ2v) is 6.77. The van der Waals surface area contributed by atoms with Crippen molar-refractivity contribution in [1.29, 1.82) is 0 Å². The third-order valence-corrected chi connectivity index (χ3v) is 4.84. The quantitative estimate of drug-likeness (QED) is 0.808. The third kappa shape index (κ3) is 4.72. The van der Waals surface area contributed by atoms with Gasteiger partial charge in [-0.2, -0.15) is 0 Å². The van der Waals surface area contributed by atoms with Gasteiger partial charge in [-0.25, -0.2) is 4.79 Å². The molecule has 8 heteroatoms. The molecule has 0 radical (unpaired) electrons. The Labute approximate surface area is 134 Å². The molecule has 1 aliphatic carbocycles. The highest BCUT2D eigenvalue weighted by molar-refractivity contribution is 8.00. The predicted octanol–water partition coefficient (Wildman–Crippen LogP) is 1.94. The van der Waals surface area contributed by atoms with Crippen molar-refractivity contribution in [2.75, 3.05) is 0 Å². The number of carbonyl (C=O) groups is 2. The number of nitrogens with one attached hydrogen (secondary N) is 2. The molecule has 122 valence electrons. The number of imide groups is 1. The largest absolute Gasteiger partial charge is 0.335 e. The van der Waals surface area contributed by atoms with Gasteiger partial charge in [-0.3, -0.25) is 10.1 Å². The van der Waals surface area contributed by atoms with Crippen molar-refractivity contribution in [2.24, 2.45) is 0 Å². The van der Waals surface area contributed by atoms with Crippen LogP contribution in [0.15, 0.2) is 11.5 Å². The Kier molecular flexibility index (Phi) is 6.23. The molecule has 1 saturated carbocycles. The molecule has 0 aromatic carbocycles. The molecule has 1 heterocycles. The smallest absolute Gasteiger partial charge is 0.321 e. The Bertz CT molecular complexity index is 513. The zero-order chi connectivity index (χ0) is 15.9. The van der Waals surface area contributed by atoms with E-state index in [1.54, 1.807) is 13.3 Å². The van der Waals surface area contributed by atoms with E-state index in [2.05, 4.69) is 20.8 Å². The second kappa shape index (κ2) is 8.17. The monoisotopic (exact) mass is 325 g/mol. The molecule has 0 bridgehead atoms. The van der Waals surface area contributed by atoms with Crippen molar-refractivity contribution in [1.82, 2.24) is 25.4 Å². The average molecular weight is 325 g/mol. The topological polar surface area (TPSA) is 88.9 Å². The number of aryl methyl sites for hydroxylation is 1. The van der Waals surface area contributed by atoms with Gasteiger partial charge in [0.2, 0.25) is 5.91 Å². The first-order chi connectivity index (χ1) is 10.6. The highest BCUT2D eigenvalue weighted by atomic mass is 32.2. The number of nitrogens with zero attached hydrogens (tertiary/aromatic N) is 3. The summed E-state index contributed by atoms with van der Waals surface area (Å²) in [6.07, 6.45) is 7.11. The lowest BCUT2D eigenvalue weighted by atomic mass is 9.96. The number of carbonyl (C=O) groups excluding carboxylic acids is 2. The number of hydrogen-bond acceptors (Lipinski definition) is 5. The fourth-order valence-electron chi connectivity index (χ4n) is 2.45. The van der Waals surface area contributed by atoms with Gasteiger partial charge in [0.1, 0.15) is 6.33 Å². The Morgan fingerprint density at radius 2 is 2.14 bits per heavy atom. The van der Waals surface area contributed by atoms with Crippen molar-refractivity contribution in [3.63, 3.8) is 0 Å². The van der Waals surface area contributed by atoms with E-state index in [9.17, 15) is 9.59 Å². The summed E-state index contributed by atoms with van der Waals surface area (Å²) in [7, 11) is 0. The number of thioether (sulfide) groups is 1. The van der Waals surface area contributed by atoms with E-state index in [-0.39, 0.29) is 11.9 Å². The minimum atomic E-state index is -0.411. The van der Waals surface area contributed by atoms with E-state index >= 15 is 0 Å². The molecular formula is C14H23N5O2S. The lowest BCUT2D eigenvalue weighted by Gasteiger charge is -2.23. The second-order valence-electron chi connectivity index (χ2n) is 5.46. The Hall–Kier alpha value is -1.57. The third-order valence-electron chi connectivity index (χ3n) is 3.75. The summed E-state index contributed by atoms with van der Waals surface area (Å²) in [5, 5.41) is 13.4. The van der Waals surface area contributed by atoms with Crippen LogP contribution in [0.3, 0.4) is 0 Å². The summed E-state index contributed by atoms with van der Waals surface area (Å²) in [6, 6.07) is -0.214. The zero-order valence-corrected chi connectivity index (χ0v) is 13.9. The van der Waals surface area contributed by atoms with E-state index in [1.165, 1.54) is 18.2 Å². The molecule has 1 aromatic heterocycles. The van der Waals surface area contributed by atoms with E-state index in [0.717, 1.165) is 32.2 Å². The molecular weight excluding hydrogens is 302 g/mol. The van der Waals surface area contributed by atoms with E-state index in [4.69, 9.17) is 0 Å². The summed E-state index contributed by atoms with van der Waals surface area (Å²) in [5.74, 6) is -0.316. The summed E-state index contributed by atoms with van der Waals surface area (Å²) in [6.45, 7) is 4.48. The molecule has 1 fully saturated rings. The molecule has 7 nitrogen and oxygen atoms in total. The number of aromatic nitrogens is 3. The van der Waals surface area contributed by atoms with Crippen LogP contribution in [-0.2, 0) is 11.3 Å². The predicted molar refractivity (Wildman–Crippen MR) is 84.6 cm³/mol. The summed E-state index contributed by atoms with van der Waals surface area (Å²) >= 11 is 1.29. The molecule has 0 unspecified atom stereocenters. The maximum absolute atomic E-state index is 12.1. The highest BCUT2D eigenvalue weighted by Crippen LogP contribution is 2.21. The van der Waals surface area contributed by atoms with Gasteiger partial charge in [-0.1, -0.05) is 31.0 Å². The highest BCUT2D eigenvalue weighted by Gasteiger charge is 2.21. The number of rotatable bonds is 5. The molecule has 0 saturated heterocycles. The van der Waals surface area contributed by atoms with Crippen LogP contribution in [0.2, 0.25) is 0 Å². The maximum Gasteiger partial charge on any atom is 0.321 e. The van der Waals surface area contributed by atoms with Gasteiger partial charge >= 0.3 is 6.03 Å². The van der Waals surface area contributed by atoms with Crippen LogP contribution in [0.5, 0.6) is 0 Å². The average Bonchev–Trinajstić information content (AvgIpc) is 2.95. The first kappa shape index (κ1) is 16.8. The number of urea groups is 1. The Morgan fingerprint density at radius 1 is 1.41 bits per heavy atom. The van der Waals surface area contributed by atoms with Crippen LogP contribution in [-0.4, -0.2) is 38.0 Å². The van der Waals surface area contributed by atoms with E-state index < -0.39 is 11.3 Å². The van der Waals surface area contributed by atoms with Crippen LogP contribution in [0.1, 0.15) is 46.0 Å². The van der Waals surface area contributed by atoms with Gasteiger partial charge < -0.3 is 9.88 Å². The minimum absolute atomic E-state index is 0.188. The summed E-state index contributed by atoms with van der Waals surface area (Å²) in [4.78, 5) is 23.9. The first-order valence-corrected chi connectivity index (χ1v) is 8.64. The molecule has 1 atom stereocenters. The van der Waals surface area contributed by atoms with Gasteiger partial charge in [-0.15, -0.1) is 10.2 Å². The van der Waals surface area contributed by atoms with Gasteiger partial charge in [0, 0.05) is 12.6 Å². The van der Waals surface area contributed by atoms with Crippen LogP contribution in [0, 0.1) is 0 Å². The van der Waals surface area contributed by atoms with Crippen molar-refractivity contribution in [3.8, 4) is 0 Å². The molecule has 2 N–H and O–H groups in total. The molecule has 0 spiro atoms. The zero-order valence-electron chi connectivity index (χ0n) is 13.0. The van der Waals surface area contributed by atoms with E-state index in [1.807, 2.05) is 11.5 Å². The molecule has 2 rings (SSSR count). The van der Waals surface area contributed by atoms with Crippen LogP contribution in [0.4, 0.5) is 4.79 Å². The lowest BCUT2D eigenvalue weighted by Crippen LogP contribution is -2.47. The van der Waals surface area contributed by atoms with Gasteiger partial charge in [0.05, 0.1) is 5.25 Å². The van der Waals surface area contributed by atoms with Crippen LogP contribution >= 0.6 is 11.8 Å². The fraction of sp³-hybridized carbons (Fsp3) is 0.714. The van der Waals surface area contributed by atoms with Crippen molar-refractivity contribution in [3.05, 3.63) is 6.33 Å². The van der Waals surface area contributed by atoms with Crippen molar-refractivity contribution < 1.29 is 9.59 Å². The Morgan fingerprint density at radius 3 is 2.82 bits per heavy atom. The standard InChI is InChI=1S/C14H23N5O2S/c1-3-19-9-15-18-14(19)22-10(2)12(20)17-13(21)16-11-7-5-4-6-8-11/h9-11H,3-8H2,1-2H3,(H2,16,17,20,21)/t10-/m1/s1. The SMILES string of the molecule is CCn1cnnc1S[C@H](C)C(=O)NC(=O)NC1CCCCC1. The summed E-state index contributed by atoms with van der Waals surface area (Å²) < 4.78 is 1.86. The van der Waals surface area contributed by atoms with Gasteiger partial charge in [-0.05, 0) is 26.7 Å². The number of hydrogen-bond donors (Lipinski definition) is 2. The molecule has 0 aliphatic heterocycles. The maximum atomic E-state index is 12.1. The molecule has 3 amide bonds. The first-order valence-electron chi connectivity index (χ1n) is 7.76. The minimum Gasteiger partial charge on any atom is -0.335 e. The fourth-order valence-corrected chi connectivity index (χ4v) is 3.33. The lowest BCUT2D eigenvalue weighted by molar-refractivity contribution is -0.119. The number of amides is 3. The van der Waals surface area contributed by atoms with Gasteiger partial charge in [0.15, 0.2) is 5.16 Å². The Balaban J connectivity index is 1.79. The summed E-state index contributed by atoms with van der Waals surface area (Å²) in [5.41, 5.74) is 0. The van der Waals surface area contributed by atoms with Crippen LogP contribution < -0.4 is 10.6 Å². The molecule has 22 heavy (non-hydrogen) atoms.